The van der Waals surface area contributed by atoms with Crippen LogP contribution in [-0.2, 0) is 4.74 Å². The Morgan fingerprint density at radius 2 is 2.00 bits per heavy atom. The lowest BCUT2D eigenvalue weighted by Gasteiger charge is -2.36. The van der Waals surface area contributed by atoms with Crippen LogP contribution in [0.1, 0.15) is 54.9 Å². The molecular weight excluding hydrogens is 319 g/mol. The van der Waals surface area contributed by atoms with Crippen molar-refractivity contribution in [1.82, 2.24) is 9.47 Å². The van der Waals surface area contributed by atoms with Gasteiger partial charge in [0.15, 0.2) is 0 Å². The fourth-order valence-electron chi connectivity index (χ4n) is 3.41. The van der Waals surface area contributed by atoms with Crippen LogP contribution >= 0.6 is 0 Å². The van der Waals surface area contributed by atoms with Gasteiger partial charge in [-0.3, -0.25) is 4.79 Å². The van der Waals surface area contributed by atoms with Crippen LogP contribution < -0.4 is 0 Å². The van der Waals surface area contributed by atoms with Crippen molar-refractivity contribution in [2.24, 2.45) is 0 Å². The average Bonchev–Trinajstić information content (AvgIpc) is 3.11. The number of rotatable bonds is 4. The predicted molar refractivity (Wildman–Crippen MR) is 95.0 cm³/mol. The normalized spacial score (nSPS) is 20.7. The number of carbonyl (C=O) groups excluding carboxylic acids is 1. The predicted octanol–water partition coefficient (Wildman–Crippen LogP) is 4.20. The molecule has 0 bridgehead atoms. The summed E-state index contributed by atoms with van der Waals surface area (Å²) < 4.78 is 21.0. The Hall–Kier alpha value is -2.14. The third-order valence-electron chi connectivity index (χ3n) is 4.92. The summed E-state index contributed by atoms with van der Waals surface area (Å²) in [5, 5.41) is 0. The molecule has 0 aliphatic carbocycles. The monoisotopic (exact) mass is 344 g/mol. The highest BCUT2D eigenvalue weighted by atomic mass is 19.1. The van der Waals surface area contributed by atoms with Crippen molar-refractivity contribution >= 4 is 5.91 Å². The lowest BCUT2D eigenvalue weighted by atomic mass is 9.96. The Bertz CT molecular complexity index is 724. The summed E-state index contributed by atoms with van der Waals surface area (Å²) >= 11 is 0. The van der Waals surface area contributed by atoms with Gasteiger partial charge in [-0.1, -0.05) is 12.1 Å². The molecule has 25 heavy (non-hydrogen) atoms. The van der Waals surface area contributed by atoms with Crippen molar-refractivity contribution in [3.8, 4) is 0 Å². The third-order valence-corrected chi connectivity index (χ3v) is 4.92. The zero-order chi connectivity index (χ0) is 18.0. The first-order valence-electron chi connectivity index (χ1n) is 8.78. The number of halogens is 1. The molecule has 0 saturated carbocycles. The number of carbonyl (C=O) groups is 1. The SMILES string of the molecule is CC(C)n1cccc1C(=O)N(C)C1CCOC(c2ccc(F)cc2)C1. The maximum Gasteiger partial charge on any atom is 0.270 e. The van der Waals surface area contributed by atoms with Gasteiger partial charge in [-0.05, 0) is 56.5 Å². The zero-order valence-corrected chi connectivity index (χ0v) is 15.0. The van der Waals surface area contributed by atoms with E-state index in [-0.39, 0.29) is 29.9 Å². The molecule has 1 fully saturated rings. The summed E-state index contributed by atoms with van der Waals surface area (Å²) in [6, 6.07) is 10.5. The molecule has 0 radical (unpaired) electrons. The van der Waals surface area contributed by atoms with Crippen LogP contribution in [0.3, 0.4) is 0 Å². The van der Waals surface area contributed by atoms with Gasteiger partial charge in [0.05, 0.1) is 6.10 Å². The molecule has 2 aromatic rings. The van der Waals surface area contributed by atoms with Crippen LogP contribution in [0, 0.1) is 5.82 Å². The minimum atomic E-state index is -0.252. The standard InChI is InChI=1S/C20H25FN2O2/c1-14(2)23-11-4-5-18(23)20(24)22(3)17-10-12-25-19(13-17)15-6-8-16(21)9-7-15/h4-9,11,14,17,19H,10,12-13H2,1-3H3. The molecule has 1 amide bonds. The number of aromatic nitrogens is 1. The van der Waals surface area contributed by atoms with Crippen LogP contribution in [-0.4, -0.2) is 35.1 Å². The first kappa shape index (κ1) is 17.7. The van der Waals surface area contributed by atoms with Crippen molar-refractivity contribution in [3.05, 3.63) is 59.7 Å². The fraction of sp³-hybridized carbons (Fsp3) is 0.450. The minimum Gasteiger partial charge on any atom is -0.373 e. The quantitative estimate of drug-likeness (QED) is 0.833. The number of amides is 1. The summed E-state index contributed by atoms with van der Waals surface area (Å²) in [5.41, 5.74) is 1.67. The van der Waals surface area contributed by atoms with Crippen molar-refractivity contribution in [3.63, 3.8) is 0 Å². The second-order valence-corrected chi connectivity index (χ2v) is 6.90. The Kier molecular flexibility index (Phi) is 5.23. The molecule has 0 N–H and O–H groups in total. The topological polar surface area (TPSA) is 34.5 Å². The van der Waals surface area contributed by atoms with Crippen molar-refractivity contribution < 1.29 is 13.9 Å². The second kappa shape index (κ2) is 7.40. The number of ether oxygens (including phenoxy) is 1. The Labute approximate surface area is 148 Å². The molecule has 2 unspecified atom stereocenters. The van der Waals surface area contributed by atoms with Crippen LogP contribution in [0.5, 0.6) is 0 Å². The molecule has 4 nitrogen and oxygen atoms in total. The first-order valence-corrected chi connectivity index (χ1v) is 8.78. The summed E-state index contributed by atoms with van der Waals surface area (Å²) in [6.07, 6.45) is 3.36. The van der Waals surface area contributed by atoms with Gasteiger partial charge in [0.2, 0.25) is 0 Å². The Morgan fingerprint density at radius 1 is 1.28 bits per heavy atom. The van der Waals surface area contributed by atoms with Gasteiger partial charge < -0.3 is 14.2 Å². The van der Waals surface area contributed by atoms with Crippen LogP contribution in [0.2, 0.25) is 0 Å². The third kappa shape index (κ3) is 3.76. The maximum absolute atomic E-state index is 13.1. The molecular formula is C20H25FN2O2. The van der Waals surface area contributed by atoms with Crippen molar-refractivity contribution in [2.75, 3.05) is 13.7 Å². The van der Waals surface area contributed by atoms with Gasteiger partial charge >= 0.3 is 0 Å². The van der Waals surface area contributed by atoms with E-state index in [9.17, 15) is 9.18 Å². The van der Waals surface area contributed by atoms with Crippen LogP contribution in [0.4, 0.5) is 4.39 Å². The molecule has 2 heterocycles. The molecule has 1 aromatic heterocycles. The number of hydrogen-bond donors (Lipinski definition) is 0. The van der Waals surface area contributed by atoms with Gasteiger partial charge in [0.25, 0.3) is 5.91 Å². The van der Waals surface area contributed by atoms with E-state index in [1.165, 1.54) is 12.1 Å². The zero-order valence-electron chi connectivity index (χ0n) is 15.0. The Morgan fingerprint density at radius 3 is 2.68 bits per heavy atom. The van der Waals surface area contributed by atoms with Gasteiger partial charge in [-0.2, -0.15) is 0 Å². The van der Waals surface area contributed by atoms with Gasteiger partial charge in [0, 0.05) is 31.9 Å². The van der Waals surface area contributed by atoms with E-state index in [0.29, 0.717) is 12.3 Å². The Balaban J connectivity index is 1.73. The highest BCUT2D eigenvalue weighted by Gasteiger charge is 2.30. The second-order valence-electron chi connectivity index (χ2n) is 6.90. The number of hydrogen-bond acceptors (Lipinski definition) is 2. The van der Waals surface area contributed by atoms with Crippen LogP contribution in [0.25, 0.3) is 0 Å². The summed E-state index contributed by atoms with van der Waals surface area (Å²) in [6.45, 7) is 4.72. The van der Waals surface area contributed by atoms with E-state index in [2.05, 4.69) is 13.8 Å². The molecule has 1 aromatic carbocycles. The highest BCUT2D eigenvalue weighted by molar-refractivity contribution is 5.92. The van der Waals surface area contributed by atoms with Gasteiger partial charge in [-0.15, -0.1) is 0 Å². The van der Waals surface area contributed by atoms with Crippen molar-refractivity contribution in [2.45, 2.75) is 44.9 Å². The van der Waals surface area contributed by atoms with Gasteiger partial charge in [0.1, 0.15) is 11.5 Å². The highest BCUT2D eigenvalue weighted by Crippen LogP contribution is 2.31. The molecule has 5 heteroatoms. The summed E-state index contributed by atoms with van der Waals surface area (Å²) in [7, 11) is 1.86. The van der Waals surface area contributed by atoms with E-state index >= 15 is 0 Å². The minimum absolute atomic E-state index is 0.0310. The van der Waals surface area contributed by atoms with E-state index in [4.69, 9.17) is 4.74 Å². The molecule has 1 saturated heterocycles. The molecule has 2 atom stereocenters. The van der Waals surface area contributed by atoms with E-state index in [1.807, 2.05) is 34.8 Å². The van der Waals surface area contributed by atoms with E-state index in [1.54, 1.807) is 12.1 Å². The largest absolute Gasteiger partial charge is 0.373 e. The fourth-order valence-corrected chi connectivity index (χ4v) is 3.41. The number of benzene rings is 1. The summed E-state index contributed by atoms with van der Waals surface area (Å²) in [4.78, 5) is 14.8. The molecule has 3 rings (SSSR count). The van der Waals surface area contributed by atoms with Crippen molar-refractivity contribution in [1.29, 1.82) is 0 Å². The molecule has 134 valence electrons. The molecule has 1 aliphatic rings. The van der Waals surface area contributed by atoms with Crippen LogP contribution in [0.15, 0.2) is 42.6 Å². The smallest absolute Gasteiger partial charge is 0.270 e. The lowest BCUT2D eigenvalue weighted by molar-refractivity contribution is -0.0199. The molecule has 0 spiro atoms. The van der Waals surface area contributed by atoms with E-state index < -0.39 is 0 Å². The number of nitrogens with zero attached hydrogens (tertiary/aromatic N) is 2. The molecule has 1 aliphatic heterocycles. The average molecular weight is 344 g/mol. The lowest BCUT2D eigenvalue weighted by Crippen LogP contribution is -2.42. The van der Waals surface area contributed by atoms with Gasteiger partial charge in [-0.25, -0.2) is 4.39 Å². The van der Waals surface area contributed by atoms with E-state index in [0.717, 1.165) is 18.4 Å². The first-order chi connectivity index (χ1) is 12.0. The maximum atomic E-state index is 13.1. The summed E-state index contributed by atoms with van der Waals surface area (Å²) in [5.74, 6) is -0.221.